The molecule has 0 spiro atoms. The van der Waals surface area contributed by atoms with Gasteiger partial charge < -0.3 is 5.32 Å². The molecular formula is C28H28ClN7O2. The number of pyridine rings is 1. The minimum Gasteiger partial charge on any atom is -0.348 e. The van der Waals surface area contributed by atoms with Crippen molar-refractivity contribution in [2.45, 2.75) is 58.0 Å². The maximum atomic E-state index is 12.9. The Morgan fingerprint density at radius 2 is 2.03 bits per heavy atom. The number of carbonyl (C=O) groups excluding carboxylic acids is 2. The second-order valence-corrected chi connectivity index (χ2v) is 11.2. The number of halogens is 1. The highest BCUT2D eigenvalue weighted by molar-refractivity contribution is 6.30. The van der Waals surface area contributed by atoms with Gasteiger partial charge in [-0.2, -0.15) is 5.26 Å². The molecule has 3 aliphatic rings. The maximum absolute atomic E-state index is 12.9. The molecule has 2 aromatic heterocycles. The summed E-state index contributed by atoms with van der Waals surface area (Å²) in [5, 5.41) is 21.3. The van der Waals surface area contributed by atoms with Crippen LogP contribution in [-0.2, 0) is 4.79 Å². The van der Waals surface area contributed by atoms with Crippen molar-refractivity contribution in [3.05, 3.63) is 69.1 Å². The van der Waals surface area contributed by atoms with E-state index in [1.165, 1.54) is 0 Å². The Hall–Kier alpha value is -3.77. The van der Waals surface area contributed by atoms with Crippen molar-refractivity contribution in [1.29, 1.82) is 5.26 Å². The van der Waals surface area contributed by atoms with E-state index in [4.69, 9.17) is 11.6 Å². The summed E-state index contributed by atoms with van der Waals surface area (Å²) in [5.74, 6) is 1.52. The van der Waals surface area contributed by atoms with Gasteiger partial charge in [0.2, 0.25) is 5.91 Å². The first-order valence-electron chi connectivity index (χ1n) is 12.9. The Labute approximate surface area is 225 Å². The number of fused-ring (bicyclic) bond motifs is 1. The van der Waals surface area contributed by atoms with Gasteiger partial charge >= 0.3 is 0 Å². The zero-order chi connectivity index (χ0) is 26.7. The van der Waals surface area contributed by atoms with E-state index in [1.54, 1.807) is 29.2 Å². The Kier molecular flexibility index (Phi) is 5.95. The van der Waals surface area contributed by atoms with E-state index in [0.29, 0.717) is 16.5 Å². The van der Waals surface area contributed by atoms with Crippen LogP contribution in [0.4, 0.5) is 5.82 Å². The van der Waals surface area contributed by atoms with E-state index in [9.17, 15) is 14.9 Å². The number of anilines is 1. The van der Waals surface area contributed by atoms with Crippen LogP contribution in [0.5, 0.6) is 0 Å². The van der Waals surface area contributed by atoms with Crippen molar-refractivity contribution in [1.82, 2.24) is 25.3 Å². The molecule has 1 aliphatic heterocycles. The molecular weight excluding hydrogens is 502 g/mol. The van der Waals surface area contributed by atoms with Gasteiger partial charge in [0.25, 0.3) is 5.91 Å². The number of hydrogen-bond donors (Lipinski definition) is 1. The zero-order valence-corrected chi connectivity index (χ0v) is 22.2. The Morgan fingerprint density at radius 1 is 1.24 bits per heavy atom. The van der Waals surface area contributed by atoms with Crippen LogP contribution in [0.2, 0.25) is 5.02 Å². The number of piperidine rings is 1. The quantitative estimate of drug-likeness (QED) is 0.514. The summed E-state index contributed by atoms with van der Waals surface area (Å²) in [4.78, 5) is 31.9. The van der Waals surface area contributed by atoms with E-state index < -0.39 is 0 Å². The molecule has 3 aromatic rings. The monoisotopic (exact) mass is 529 g/mol. The van der Waals surface area contributed by atoms with E-state index in [-0.39, 0.29) is 41.4 Å². The van der Waals surface area contributed by atoms with E-state index in [2.05, 4.69) is 26.7 Å². The minimum atomic E-state index is -0.272. The van der Waals surface area contributed by atoms with Crippen LogP contribution < -0.4 is 10.2 Å². The van der Waals surface area contributed by atoms with Crippen molar-refractivity contribution in [3.8, 4) is 6.07 Å². The molecule has 0 radical (unpaired) electrons. The molecule has 1 saturated heterocycles. The molecule has 0 bridgehead atoms. The summed E-state index contributed by atoms with van der Waals surface area (Å²) in [7, 11) is 0. The SMILES string of the molecule is Cc1c([C@@H](C)n2cc(C(=O)N[C@H]3C[C@@H](c4cc(Cl)ccc4C#N)C3)nn2)cnc(N2C[C@H]3C[C@H]3C2=O)c1C. The number of aromatic nitrogens is 4. The smallest absolute Gasteiger partial charge is 0.273 e. The molecule has 9 nitrogen and oxygen atoms in total. The van der Waals surface area contributed by atoms with Gasteiger partial charge in [0.05, 0.1) is 23.9 Å². The Bertz CT molecular complexity index is 1500. The zero-order valence-electron chi connectivity index (χ0n) is 21.5. The van der Waals surface area contributed by atoms with Crippen molar-refractivity contribution >= 4 is 29.2 Å². The second kappa shape index (κ2) is 9.21. The van der Waals surface area contributed by atoms with Crippen molar-refractivity contribution in [3.63, 3.8) is 0 Å². The van der Waals surface area contributed by atoms with Gasteiger partial charge in [0.15, 0.2) is 5.69 Å². The first kappa shape index (κ1) is 24.6. The lowest BCUT2D eigenvalue weighted by molar-refractivity contribution is -0.118. The molecule has 1 aromatic carbocycles. The van der Waals surface area contributed by atoms with E-state index in [0.717, 1.165) is 53.9 Å². The molecule has 194 valence electrons. The second-order valence-electron chi connectivity index (χ2n) is 10.8. The van der Waals surface area contributed by atoms with Crippen LogP contribution >= 0.6 is 11.6 Å². The summed E-state index contributed by atoms with van der Waals surface area (Å²) in [6.45, 7) is 6.78. The van der Waals surface area contributed by atoms with Gasteiger partial charge in [-0.05, 0) is 92.3 Å². The van der Waals surface area contributed by atoms with E-state index >= 15 is 0 Å². The van der Waals surface area contributed by atoms with Crippen LogP contribution in [0, 0.1) is 37.0 Å². The molecule has 10 heteroatoms. The molecule has 2 aliphatic carbocycles. The van der Waals surface area contributed by atoms with Gasteiger partial charge in [-0.15, -0.1) is 5.10 Å². The summed E-state index contributed by atoms with van der Waals surface area (Å²) < 4.78 is 1.67. The Morgan fingerprint density at radius 3 is 2.74 bits per heavy atom. The highest BCUT2D eigenvalue weighted by Crippen LogP contribution is 2.47. The average Bonchev–Trinajstić information content (AvgIpc) is 3.33. The number of nitriles is 1. The topological polar surface area (TPSA) is 117 Å². The van der Waals surface area contributed by atoms with Crippen molar-refractivity contribution in [2.24, 2.45) is 11.8 Å². The van der Waals surface area contributed by atoms with Crippen LogP contribution in [0.3, 0.4) is 0 Å². The first-order valence-corrected chi connectivity index (χ1v) is 13.3. The fourth-order valence-electron chi connectivity index (χ4n) is 5.80. The summed E-state index contributed by atoms with van der Waals surface area (Å²) in [6.07, 6.45) is 5.95. The highest BCUT2D eigenvalue weighted by atomic mass is 35.5. The van der Waals surface area contributed by atoms with Crippen LogP contribution in [0.25, 0.3) is 0 Å². The third kappa shape index (κ3) is 4.13. The number of nitrogens with zero attached hydrogens (tertiary/aromatic N) is 6. The lowest BCUT2D eigenvalue weighted by atomic mass is 9.74. The normalized spacial score (nSPS) is 24.4. The highest BCUT2D eigenvalue weighted by Gasteiger charge is 2.53. The number of rotatable bonds is 6. The number of hydrogen-bond acceptors (Lipinski definition) is 6. The average molecular weight is 530 g/mol. The molecule has 2 saturated carbocycles. The van der Waals surface area contributed by atoms with Crippen LogP contribution in [0.1, 0.15) is 76.5 Å². The van der Waals surface area contributed by atoms with Crippen molar-refractivity contribution < 1.29 is 9.59 Å². The summed E-state index contributed by atoms with van der Waals surface area (Å²) in [5.41, 5.74) is 4.81. The predicted molar refractivity (Wildman–Crippen MR) is 141 cm³/mol. The largest absolute Gasteiger partial charge is 0.348 e. The van der Waals surface area contributed by atoms with E-state index in [1.807, 2.05) is 31.7 Å². The third-order valence-corrected chi connectivity index (χ3v) is 8.71. The summed E-state index contributed by atoms with van der Waals surface area (Å²) in [6, 6.07) is 7.33. The molecule has 3 heterocycles. The molecule has 3 fully saturated rings. The van der Waals surface area contributed by atoms with Gasteiger partial charge in [0, 0.05) is 29.7 Å². The predicted octanol–water partition coefficient (Wildman–Crippen LogP) is 4.08. The maximum Gasteiger partial charge on any atom is 0.273 e. The minimum absolute atomic E-state index is 0.00145. The van der Waals surface area contributed by atoms with Gasteiger partial charge in [-0.3, -0.25) is 14.5 Å². The lowest BCUT2D eigenvalue weighted by Crippen LogP contribution is -2.43. The fraction of sp³-hybridized carbons (Fsp3) is 0.429. The third-order valence-electron chi connectivity index (χ3n) is 8.47. The standard InChI is InChI=1S/C28H28ClN7O2/c1-14-15(2)26(35-12-19-8-23(19)28(35)38)31-11-24(14)16(3)36-13-25(33-34-36)27(37)32-21-6-18(7-21)22-9-20(29)5-4-17(22)10-30/h4-5,9,11,13,16,18-19,21,23H,6-8,12H2,1-3H3,(H,32,37)/t16-,18-,19-,21+,23-/m1/s1. The molecule has 0 unspecified atom stereocenters. The van der Waals surface area contributed by atoms with Crippen LogP contribution in [-0.4, -0.2) is 44.4 Å². The molecule has 6 rings (SSSR count). The lowest BCUT2D eigenvalue weighted by Gasteiger charge is -2.36. The number of carbonyl (C=O) groups is 2. The van der Waals surface area contributed by atoms with Gasteiger partial charge in [0.1, 0.15) is 5.82 Å². The molecule has 38 heavy (non-hydrogen) atoms. The Balaban J connectivity index is 1.11. The van der Waals surface area contributed by atoms with Gasteiger partial charge in [-0.25, -0.2) is 9.67 Å². The van der Waals surface area contributed by atoms with Gasteiger partial charge in [-0.1, -0.05) is 16.8 Å². The molecule has 3 atom stereocenters. The summed E-state index contributed by atoms with van der Waals surface area (Å²) >= 11 is 6.12. The first-order chi connectivity index (χ1) is 18.2. The number of benzene rings is 1. The van der Waals surface area contributed by atoms with Crippen molar-refractivity contribution in [2.75, 3.05) is 11.4 Å². The van der Waals surface area contributed by atoms with Crippen LogP contribution in [0.15, 0.2) is 30.6 Å². The molecule has 2 amide bonds. The molecule has 1 N–H and O–H groups in total. The fourth-order valence-corrected chi connectivity index (χ4v) is 5.98. The number of nitrogens with one attached hydrogen (secondary N) is 1. The number of amides is 2.